The van der Waals surface area contributed by atoms with Crippen LogP contribution in [0.5, 0.6) is 11.5 Å². The third-order valence-corrected chi connectivity index (χ3v) is 6.09. The molecule has 0 bridgehead atoms. The molecule has 5 nitrogen and oxygen atoms in total. The van der Waals surface area contributed by atoms with Crippen LogP contribution in [0.25, 0.3) is 11.0 Å². The zero-order chi connectivity index (χ0) is 22.1. The van der Waals surface area contributed by atoms with Crippen molar-refractivity contribution in [3.8, 4) is 11.5 Å². The summed E-state index contributed by atoms with van der Waals surface area (Å²) in [7, 11) is 1.66. The van der Waals surface area contributed by atoms with Crippen LogP contribution in [0.4, 0.5) is 0 Å². The summed E-state index contributed by atoms with van der Waals surface area (Å²) in [6.45, 7) is 3.87. The quantitative estimate of drug-likeness (QED) is 0.417. The van der Waals surface area contributed by atoms with E-state index in [-0.39, 0.29) is 5.63 Å². The van der Waals surface area contributed by atoms with E-state index in [1.807, 2.05) is 61.5 Å². The minimum absolute atomic E-state index is 0.278. The molecule has 1 aromatic heterocycles. The Hall–Kier alpha value is -3.57. The second kappa shape index (κ2) is 8.52. The fourth-order valence-corrected chi connectivity index (χ4v) is 4.30. The molecule has 5 heteroatoms. The predicted octanol–water partition coefficient (Wildman–Crippen LogP) is 5.05. The van der Waals surface area contributed by atoms with E-state index >= 15 is 0 Å². The van der Waals surface area contributed by atoms with Crippen molar-refractivity contribution < 1.29 is 13.9 Å². The summed E-state index contributed by atoms with van der Waals surface area (Å²) in [6.07, 6.45) is 0.558. The van der Waals surface area contributed by atoms with Gasteiger partial charge < -0.3 is 13.9 Å². The number of hydrogen-bond acceptors (Lipinski definition) is 5. The van der Waals surface area contributed by atoms with Crippen molar-refractivity contribution in [2.24, 2.45) is 0 Å². The van der Waals surface area contributed by atoms with Gasteiger partial charge in [-0.3, -0.25) is 4.90 Å². The number of methoxy groups -OCH3 is 1. The molecular formula is C27H25NO4. The maximum atomic E-state index is 12.9. The first-order chi connectivity index (χ1) is 15.6. The summed E-state index contributed by atoms with van der Waals surface area (Å²) in [5.41, 5.74) is 5.20. The van der Waals surface area contributed by atoms with Gasteiger partial charge in [-0.2, -0.15) is 0 Å². The summed E-state index contributed by atoms with van der Waals surface area (Å²) >= 11 is 0. The Labute approximate surface area is 186 Å². The van der Waals surface area contributed by atoms with Crippen molar-refractivity contribution in [2.75, 3.05) is 13.8 Å². The van der Waals surface area contributed by atoms with Gasteiger partial charge in [-0.15, -0.1) is 0 Å². The second-order valence-corrected chi connectivity index (χ2v) is 8.18. The Balaban J connectivity index is 1.47. The zero-order valence-corrected chi connectivity index (χ0v) is 18.3. The molecule has 162 valence electrons. The Morgan fingerprint density at radius 3 is 2.50 bits per heavy atom. The van der Waals surface area contributed by atoms with E-state index in [2.05, 4.69) is 17.0 Å². The van der Waals surface area contributed by atoms with Crippen LogP contribution < -0.4 is 15.1 Å². The molecule has 0 fully saturated rings. The standard InChI is InChI=1S/C27H25NO4/c1-18-22-12-13-25-24(16-28(17-31-25)15-20-8-10-21(30-2)11-9-20)26(22)32-27(29)23(18)14-19-6-4-3-5-7-19/h3-13H,14-17H2,1-2H3. The van der Waals surface area contributed by atoms with Gasteiger partial charge in [-0.1, -0.05) is 42.5 Å². The van der Waals surface area contributed by atoms with Crippen molar-refractivity contribution in [1.82, 2.24) is 4.90 Å². The smallest absolute Gasteiger partial charge is 0.340 e. The third kappa shape index (κ3) is 3.87. The molecule has 0 atom stereocenters. The van der Waals surface area contributed by atoms with Crippen LogP contribution in [-0.4, -0.2) is 18.7 Å². The van der Waals surface area contributed by atoms with Gasteiger partial charge in [-0.25, -0.2) is 4.79 Å². The van der Waals surface area contributed by atoms with Crippen LogP contribution in [-0.2, 0) is 19.5 Å². The zero-order valence-electron chi connectivity index (χ0n) is 18.3. The molecule has 0 aliphatic carbocycles. The molecule has 32 heavy (non-hydrogen) atoms. The van der Waals surface area contributed by atoms with Gasteiger partial charge in [0.1, 0.15) is 23.8 Å². The van der Waals surface area contributed by atoms with Crippen LogP contribution in [0.2, 0.25) is 0 Å². The monoisotopic (exact) mass is 427 g/mol. The van der Waals surface area contributed by atoms with Crippen molar-refractivity contribution >= 4 is 11.0 Å². The average Bonchev–Trinajstić information content (AvgIpc) is 2.83. The predicted molar refractivity (Wildman–Crippen MR) is 124 cm³/mol. The Kier molecular flexibility index (Phi) is 5.41. The SMILES string of the molecule is COc1ccc(CN2COc3ccc4c(C)c(Cc5ccccc5)c(=O)oc4c3C2)cc1. The Bertz CT molecular complexity index is 1310. The summed E-state index contributed by atoms with van der Waals surface area (Å²) in [6, 6.07) is 22.0. The molecule has 2 heterocycles. The molecule has 0 amide bonds. The van der Waals surface area contributed by atoms with Gasteiger partial charge in [-0.05, 0) is 47.9 Å². The minimum Gasteiger partial charge on any atom is -0.497 e. The minimum atomic E-state index is -0.278. The van der Waals surface area contributed by atoms with Gasteiger partial charge in [0.2, 0.25) is 0 Å². The number of nitrogens with zero attached hydrogens (tertiary/aromatic N) is 1. The molecule has 0 N–H and O–H groups in total. The molecule has 1 aliphatic rings. The maximum absolute atomic E-state index is 12.9. The summed E-state index contributed by atoms with van der Waals surface area (Å²) in [4.78, 5) is 15.1. The highest BCUT2D eigenvalue weighted by Gasteiger charge is 2.23. The highest BCUT2D eigenvalue weighted by Crippen LogP contribution is 2.34. The lowest BCUT2D eigenvalue weighted by atomic mass is 9.97. The van der Waals surface area contributed by atoms with Crippen LogP contribution in [0.3, 0.4) is 0 Å². The van der Waals surface area contributed by atoms with Crippen LogP contribution in [0.1, 0.15) is 27.8 Å². The molecule has 0 radical (unpaired) electrons. The molecule has 0 saturated heterocycles. The fourth-order valence-electron chi connectivity index (χ4n) is 4.30. The Morgan fingerprint density at radius 2 is 1.75 bits per heavy atom. The molecule has 0 unspecified atom stereocenters. The lowest BCUT2D eigenvalue weighted by molar-refractivity contribution is 0.0889. The van der Waals surface area contributed by atoms with E-state index in [0.717, 1.165) is 40.1 Å². The molecule has 1 aliphatic heterocycles. The van der Waals surface area contributed by atoms with E-state index in [1.54, 1.807) is 7.11 Å². The molecule has 0 saturated carbocycles. The topological polar surface area (TPSA) is 51.9 Å². The number of fused-ring (bicyclic) bond motifs is 3. The maximum Gasteiger partial charge on any atom is 0.340 e. The van der Waals surface area contributed by atoms with E-state index < -0.39 is 0 Å². The van der Waals surface area contributed by atoms with Gasteiger partial charge in [0.15, 0.2) is 0 Å². The second-order valence-electron chi connectivity index (χ2n) is 8.18. The number of ether oxygens (including phenoxy) is 2. The van der Waals surface area contributed by atoms with E-state index in [1.165, 1.54) is 5.56 Å². The normalized spacial score (nSPS) is 13.6. The molecule has 4 aromatic rings. The van der Waals surface area contributed by atoms with Gasteiger partial charge in [0.25, 0.3) is 0 Å². The fraction of sp³-hybridized carbons (Fsp3) is 0.222. The van der Waals surface area contributed by atoms with Gasteiger partial charge >= 0.3 is 5.63 Å². The first-order valence-electron chi connectivity index (χ1n) is 10.7. The number of aryl methyl sites for hydroxylation is 1. The third-order valence-electron chi connectivity index (χ3n) is 6.09. The first kappa shape index (κ1) is 20.3. The number of benzene rings is 3. The summed E-state index contributed by atoms with van der Waals surface area (Å²) < 4.78 is 17.1. The summed E-state index contributed by atoms with van der Waals surface area (Å²) in [5.74, 6) is 1.62. The molecular weight excluding hydrogens is 402 g/mol. The van der Waals surface area contributed by atoms with Gasteiger partial charge in [0.05, 0.1) is 12.7 Å². The van der Waals surface area contributed by atoms with Crippen molar-refractivity contribution in [1.29, 1.82) is 0 Å². The van der Waals surface area contributed by atoms with E-state index in [4.69, 9.17) is 13.9 Å². The molecule has 0 spiro atoms. The highest BCUT2D eigenvalue weighted by molar-refractivity contribution is 5.86. The lowest BCUT2D eigenvalue weighted by Gasteiger charge is -2.29. The summed E-state index contributed by atoms with van der Waals surface area (Å²) in [5, 5.41) is 0.962. The first-order valence-corrected chi connectivity index (χ1v) is 10.7. The molecule has 5 rings (SSSR count). The van der Waals surface area contributed by atoms with Crippen molar-refractivity contribution in [3.05, 3.63) is 105 Å². The van der Waals surface area contributed by atoms with E-state index in [9.17, 15) is 4.79 Å². The highest BCUT2D eigenvalue weighted by atomic mass is 16.5. The molecule has 3 aromatic carbocycles. The van der Waals surface area contributed by atoms with E-state index in [0.29, 0.717) is 30.8 Å². The van der Waals surface area contributed by atoms with Crippen molar-refractivity contribution in [2.45, 2.75) is 26.4 Å². The lowest BCUT2D eigenvalue weighted by Crippen LogP contribution is -2.31. The van der Waals surface area contributed by atoms with Gasteiger partial charge in [0, 0.05) is 30.5 Å². The van der Waals surface area contributed by atoms with Crippen LogP contribution in [0, 0.1) is 6.92 Å². The number of rotatable bonds is 5. The average molecular weight is 428 g/mol. The van der Waals surface area contributed by atoms with Crippen molar-refractivity contribution in [3.63, 3.8) is 0 Å². The number of hydrogen-bond donors (Lipinski definition) is 0. The Morgan fingerprint density at radius 1 is 0.969 bits per heavy atom. The van der Waals surface area contributed by atoms with Crippen LogP contribution >= 0.6 is 0 Å². The largest absolute Gasteiger partial charge is 0.497 e. The van der Waals surface area contributed by atoms with Crippen LogP contribution in [0.15, 0.2) is 75.9 Å².